The Kier molecular flexibility index (Phi) is 4.54. The number of hydrogen-bond acceptors (Lipinski definition) is 4. The Morgan fingerprint density at radius 1 is 1.21 bits per heavy atom. The van der Waals surface area contributed by atoms with Crippen LogP contribution in [-0.4, -0.2) is 16.6 Å². The molecule has 5 heteroatoms. The summed E-state index contributed by atoms with van der Waals surface area (Å²) in [6.45, 7) is 0. The van der Waals surface area contributed by atoms with Crippen molar-refractivity contribution >= 4 is 23.4 Å². The van der Waals surface area contributed by atoms with Crippen LogP contribution in [0.1, 0.15) is 5.56 Å². The fourth-order valence-electron chi connectivity index (χ4n) is 1.41. The Bertz CT molecular complexity index is 590. The van der Waals surface area contributed by atoms with Crippen molar-refractivity contribution < 1.29 is 4.79 Å². The first kappa shape index (κ1) is 13.1. The summed E-state index contributed by atoms with van der Waals surface area (Å²) in [6, 6.07) is 12.5. The van der Waals surface area contributed by atoms with E-state index in [0.29, 0.717) is 17.0 Å². The summed E-state index contributed by atoms with van der Waals surface area (Å²) in [5.41, 5.74) is 1.27. The molecule has 1 aromatic heterocycles. The smallest absolute Gasteiger partial charge is 0.234 e. The van der Waals surface area contributed by atoms with Crippen molar-refractivity contribution in [2.45, 2.75) is 4.90 Å². The number of amides is 1. The second kappa shape index (κ2) is 6.57. The molecule has 0 bridgehead atoms. The minimum atomic E-state index is -0.0773. The molecule has 0 radical (unpaired) electrons. The number of aromatic nitrogens is 1. The second-order valence-corrected chi connectivity index (χ2v) is 4.76. The van der Waals surface area contributed by atoms with Gasteiger partial charge in [0.1, 0.15) is 0 Å². The molecular formula is C14H11N3OS. The van der Waals surface area contributed by atoms with E-state index in [2.05, 4.69) is 10.3 Å². The predicted molar refractivity (Wildman–Crippen MR) is 74.7 cm³/mol. The maximum Gasteiger partial charge on any atom is 0.234 e. The quantitative estimate of drug-likeness (QED) is 0.867. The van der Waals surface area contributed by atoms with Crippen molar-refractivity contribution in [3.05, 3.63) is 54.4 Å². The van der Waals surface area contributed by atoms with Crippen molar-refractivity contribution in [3.8, 4) is 6.07 Å². The van der Waals surface area contributed by atoms with Gasteiger partial charge in [0.05, 0.1) is 17.4 Å². The summed E-state index contributed by atoms with van der Waals surface area (Å²) in [7, 11) is 0. The van der Waals surface area contributed by atoms with E-state index in [4.69, 9.17) is 5.26 Å². The highest BCUT2D eigenvalue weighted by Crippen LogP contribution is 2.16. The summed E-state index contributed by atoms with van der Waals surface area (Å²) in [6.07, 6.45) is 3.39. The Labute approximate surface area is 115 Å². The van der Waals surface area contributed by atoms with Gasteiger partial charge in [-0.25, -0.2) is 0 Å². The van der Waals surface area contributed by atoms with Gasteiger partial charge in [-0.1, -0.05) is 0 Å². The topological polar surface area (TPSA) is 65.8 Å². The molecule has 1 amide bonds. The van der Waals surface area contributed by atoms with Crippen LogP contribution in [0.3, 0.4) is 0 Å². The average molecular weight is 269 g/mol. The zero-order valence-corrected chi connectivity index (χ0v) is 10.9. The largest absolute Gasteiger partial charge is 0.325 e. The van der Waals surface area contributed by atoms with Crippen molar-refractivity contribution in [1.82, 2.24) is 4.98 Å². The third-order valence-corrected chi connectivity index (χ3v) is 3.33. The predicted octanol–water partition coefficient (Wildman–Crippen LogP) is 2.68. The van der Waals surface area contributed by atoms with Gasteiger partial charge in [-0.2, -0.15) is 5.26 Å². The van der Waals surface area contributed by atoms with Crippen LogP contribution < -0.4 is 5.32 Å². The van der Waals surface area contributed by atoms with Crippen molar-refractivity contribution in [1.29, 1.82) is 5.26 Å². The number of nitrogens with zero attached hydrogens (tertiary/aromatic N) is 2. The molecule has 2 aromatic rings. The summed E-state index contributed by atoms with van der Waals surface area (Å²) in [4.78, 5) is 16.6. The Balaban J connectivity index is 1.86. The Morgan fingerprint density at radius 3 is 2.53 bits per heavy atom. The highest BCUT2D eigenvalue weighted by Gasteiger charge is 2.03. The van der Waals surface area contributed by atoms with Crippen molar-refractivity contribution in [2.75, 3.05) is 11.1 Å². The molecule has 0 spiro atoms. The van der Waals surface area contributed by atoms with Gasteiger partial charge in [-0.15, -0.1) is 11.8 Å². The number of hydrogen-bond donors (Lipinski definition) is 1. The number of thioether (sulfide) groups is 1. The molecule has 0 aliphatic heterocycles. The third kappa shape index (κ3) is 4.12. The number of benzene rings is 1. The lowest BCUT2D eigenvalue weighted by Crippen LogP contribution is -2.13. The molecule has 1 N–H and O–H groups in total. The lowest BCUT2D eigenvalue weighted by molar-refractivity contribution is -0.113. The van der Waals surface area contributed by atoms with E-state index in [-0.39, 0.29) is 5.91 Å². The summed E-state index contributed by atoms with van der Waals surface area (Å²) in [5, 5.41) is 11.5. The number of nitrogens with one attached hydrogen (secondary N) is 1. The van der Waals surface area contributed by atoms with Gasteiger partial charge in [0.25, 0.3) is 0 Å². The van der Waals surface area contributed by atoms with Crippen LogP contribution >= 0.6 is 11.8 Å². The van der Waals surface area contributed by atoms with Crippen LogP contribution in [0.5, 0.6) is 0 Å². The van der Waals surface area contributed by atoms with Gasteiger partial charge in [-0.3, -0.25) is 9.78 Å². The van der Waals surface area contributed by atoms with Gasteiger partial charge < -0.3 is 5.32 Å². The first-order valence-electron chi connectivity index (χ1n) is 5.61. The molecule has 2 rings (SSSR count). The van der Waals surface area contributed by atoms with E-state index in [1.165, 1.54) is 11.8 Å². The van der Waals surface area contributed by atoms with Crippen LogP contribution in [-0.2, 0) is 4.79 Å². The minimum Gasteiger partial charge on any atom is -0.325 e. The standard InChI is InChI=1S/C14H11N3OS/c15-9-11-1-3-12(4-2-11)17-14(18)10-19-13-5-7-16-8-6-13/h1-8H,10H2,(H,17,18). The van der Waals surface area contributed by atoms with E-state index < -0.39 is 0 Å². The zero-order chi connectivity index (χ0) is 13.5. The molecule has 1 aromatic carbocycles. The van der Waals surface area contributed by atoms with E-state index in [0.717, 1.165) is 4.90 Å². The van der Waals surface area contributed by atoms with Gasteiger partial charge >= 0.3 is 0 Å². The molecule has 94 valence electrons. The SMILES string of the molecule is N#Cc1ccc(NC(=O)CSc2ccncc2)cc1. The van der Waals surface area contributed by atoms with Gasteiger partial charge in [-0.05, 0) is 36.4 Å². The van der Waals surface area contributed by atoms with E-state index in [9.17, 15) is 4.79 Å². The highest BCUT2D eigenvalue weighted by atomic mass is 32.2. The molecular weight excluding hydrogens is 258 g/mol. The Hall–Kier alpha value is -2.32. The minimum absolute atomic E-state index is 0.0773. The molecule has 0 unspecified atom stereocenters. The molecule has 0 atom stereocenters. The second-order valence-electron chi connectivity index (χ2n) is 3.71. The maximum atomic E-state index is 11.7. The highest BCUT2D eigenvalue weighted by molar-refractivity contribution is 8.00. The molecule has 1 heterocycles. The molecule has 0 aliphatic carbocycles. The number of anilines is 1. The third-order valence-electron chi connectivity index (χ3n) is 2.32. The zero-order valence-electron chi connectivity index (χ0n) is 10.0. The van der Waals surface area contributed by atoms with E-state index >= 15 is 0 Å². The number of carbonyl (C=O) groups is 1. The number of pyridine rings is 1. The van der Waals surface area contributed by atoms with Gasteiger partial charge in [0, 0.05) is 23.0 Å². The monoisotopic (exact) mass is 269 g/mol. The number of nitriles is 1. The molecule has 0 aliphatic rings. The molecule has 0 saturated heterocycles. The van der Waals surface area contributed by atoms with Crippen molar-refractivity contribution in [3.63, 3.8) is 0 Å². The fourth-order valence-corrected chi connectivity index (χ4v) is 2.09. The molecule has 0 fully saturated rings. The fraction of sp³-hybridized carbons (Fsp3) is 0.0714. The van der Waals surface area contributed by atoms with Crippen LogP contribution in [0, 0.1) is 11.3 Å². The average Bonchev–Trinajstić information content (AvgIpc) is 2.47. The molecule has 0 saturated carbocycles. The summed E-state index contributed by atoms with van der Waals surface area (Å²) in [5.74, 6) is 0.260. The number of rotatable bonds is 4. The lowest BCUT2D eigenvalue weighted by atomic mass is 10.2. The van der Waals surface area contributed by atoms with E-state index in [1.807, 2.05) is 18.2 Å². The summed E-state index contributed by atoms with van der Waals surface area (Å²) >= 11 is 1.45. The van der Waals surface area contributed by atoms with Crippen LogP contribution in [0.4, 0.5) is 5.69 Å². The van der Waals surface area contributed by atoms with Gasteiger partial charge in [0.15, 0.2) is 0 Å². The summed E-state index contributed by atoms with van der Waals surface area (Å²) < 4.78 is 0. The van der Waals surface area contributed by atoms with Crippen LogP contribution in [0.25, 0.3) is 0 Å². The number of carbonyl (C=O) groups excluding carboxylic acids is 1. The first-order valence-corrected chi connectivity index (χ1v) is 6.59. The molecule has 19 heavy (non-hydrogen) atoms. The Morgan fingerprint density at radius 2 is 1.89 bits per heavy atom. The maximum absolute atomic E-state index is 11.7. The van der Waals surface area contributed by atoms with Crippen LogP contribution in [0.2, 0.25) is 0 Å². The van der Waals surface area contributed by atoms with Crippen molar-refractivity contribution in [2.24, 2.45) is 0 Å². The first-order chi connectivity index (χ1) is 9.28. The van der Waals surface area contributed by atoms with Crippen LogP contribution in [0.15, 0.2) is 53.7 Å². The lowest BCUT2D eigenvalue weighted by Gasteiger charge is -2.05. The van der Waals surface area contributed by atoms with Gasteiger partial charge in [0.2, 0.25) is 5.91 Å². The van der Waals surface area contributed by atoms with E-state index in [1.54, 1.807) is 36.7 Å². The normalized spacial score (nSPS) is 9.63. The molecule has 4 nitrogen and oxygen atoms in total.